The molecule has 0 fully saturated rings. The SMILES string of the molecule is CCOC(=O)[C@H]1C(c2ccccc2)=NN(S(=O)(=O)c2ccc(C)cc2)C(=O)C[C@@H]1c1ccc(F)cc1. The first kappa shape index (κ1) is 25.2. The lowest BCUT2D eigenvalue weighted by molar-refractivity contribution is -0.146. The van der Waals surface area contributed by atoms with Gasteiger partial charge in [0, 0.05) is 12.3 Å². The van der Waals surface area contributed by atoms with Crippen LogP contribution in [0.15, 0.2) is 88.9 Å². The molecule has 3 aromatic carbocycles. The zero-order valence-corrected chi connectivity index (χ0v) is 20.6. The van der Waals surface area contributed by atoms with Crippen molar-refractivity contribution in [2.45, 2.75) is 31.1 Å². The van der Waals surface area contributed by atoms with Crippen molar-refractivity contribution in [3.63, 3.8) is 0 Å². The number of sulfonamides is 1. The van der Waals surface area contributed by atoms with E-state index in [-0.39, 0.29) is 23.6 Å². The molecular weight excluding hydrogens is 483 g/mol. The lowest BCUT2D eigenvalue weighted by Gasteiger charge is -2.24. The summed E-state index contributed by atoms with van der Waals surface area (Å²) in [5, 5.41) is 4.31. The number of halogens is 1. The van der Waals surface area contributed by atoms with Gasteiger partial charge in [0.2, 0.25) is 0 Å². The van der Waals surface area contributed by atoms with Gasteiger partial charge in [-0.3, -0.25) is 9.59 Å². The molecule has 0 aliphatic carbocycles. The molecule has 0 aromatic heterocycles. The van der Waals surface area contributed by atoms with Crippen molar-refractivity contribution in [3.05, 3.63) is 101 Å². The van der Waals surface area contributed by atoms with Crippen molar-refractivity contribution in [1.29, 1.82) is 0 Å². The molecule has 0 N–H and O–H groups in total. The van der Waals surface area contributed by atoms with Gasteiger partial charge < -0.3 is 4.74 Å². The highest BCUT2D eigenvalue weighted by Crippen LogP contribution is 2.37. The van der Waals surface area contributed by atoms with Crippen LogP contribution in [-0.4, -0.2) is 37.0 Å². The van der Waals surface area contributed by atoms with Gasteiger partial charge in [0.25, 0.3) is 15.9 Å². The Morgan fingerprint density at radius 3 is 2.28 bits per heavy atom. The highest BCUT2D eigenvalue weighted by atomic mass is 32.2. The number of rotatable bonds is 6. The predicted molar refractivity (Wildman–Crippen MR) is 132 cm³/mol. The van der Waals surface area contributed by atoms with Gasteiger partial charge in [-0.25, -0.2) is 4.39 Å². The maximum absolute atomic E-state index is 13.7. The third kappa shape index (κ3) is 5.06. The Hall–Kier alpha value is -3.85. The van der Waals surface area contributed by atoms with Crippen LogP contribution in [0.25, 0.3) is 0 Å². The first-order chi connectivity index (χ1) is 17.2. The Bertz CT molecular complexity index is 1390. The summed E-state index contributed by atoms with van der Waals surface area (Å²) in [5.74, 6) is -3.90. The van der Waals surface area contributed by atoms with E-state index in [1.165, 1.54) is 36.4 Å². The molecule has 1 heterocycles. The van der Waals surface area contributed by atoms with Crippen LogP contribution in [0.5, 0.6) is 0 Å². The van der Waals surface area contributed by atoms with Gasteiger partial charge in [-0.1, -0.05) is 60.2 Å². The molecule has 7 nitrogen and oxygen atoms in total. The van der Waals surface area contributed by atoms with Crippen LogP contribution in [0.3, 0.4) is 0 Å². The molecule has 36 heavy (non-hydrogen) atoms. The van der Waals surface area contributed by atoms with Crippen molar-refractivity contribution < 1.29 is 27.1 Å². The molecule has 186 valence electrons. The Labute approximate surface area is 209 Å². The van der Waals surface area contributed by atoms with Crippen LogP contribution in [-0.2, 0) is 24.3 Å². The number of esters is 1. The van der Waals surface area contributed by atoms with Crippen molar-refractivity contribution >= 4 is 27.6 Å². The number of aryl methyl sites for hydroxylation is 1. The number of hydrogen-bond acceptors (Lipinski definition) is 6. The second-order valence-electron chi connectivity index (χ2n) is 8.40. The zero-order chi connectivity index (χ0) is 25.9. The lowest BCUT2D eigenvalue weighted by atomic mass is 9.79. The van der Waals surface area contributed by atoms with Crippen molar-refractivity contribution in [2.24, 2.45) is 11.0 Å². The minimum atomic E-state index is -4.38. The molecule has 0 saturated carbocycles. The fourth-order valence-corrected chi connectivity index (χ4v) is 5.38. The number of carbonyl (C=O) groups is 2. The van der Waals surface area contributed by atoms with E-state index in [1.54, 1.807) is 49.4 Å². The fraction of sp³-hybridized carbons (Fsp3) is 0.222. The summed E-state index contributed by atoms with van der Waals surface area (Å²) in [6.45, 7) is 3.55. The summed E-state index contributed by atoms with van der Waals surface area (Å²) < 4.78 is 46.6. The zero-order valence-electron chi connectivity index (χ0n) is 19.8. The summed E-state index contributed by atoms with van der Waals surface area (Å²) in [5.41, 5.74) is 1.87. The Balaban J connectivity index is 1.94. The maximum atomic E-state index is 13.7. The largest absolute Gasteiger partial charge is 0.465 e. The van der Waals surface area contributed by atoms with Gasteiger partial charge in [-0.05, 0) is 49.2 Å². The molecule has 0 saturated heterocycles. The van der Waals surface area contributed by atoms with Gasteiger partial charge in [-0.2, -0.15) is 13.5 Å². The molecular formula is C27H25FN2O5S. The molecule has 1 aliphatic heterocycles. The Morgan fingerprint density at radius 1 is 1.03 bits per heavy atom. The number of benzene rings is 3. The third-order valence-electron chi connectivity index (χ3n) is 5.96. The van der Waals surface area contributed by atoms with Crippen LogP contribution in [0.1, 0.15) is 36.0 Å². The normalized spacial score (nSPS) is 18.4. The molecule has 9 heteroatoms. The third-order valence-corrected chi connectivity index (χ3v) is 7.57. The van der Waals surface area contributed by atoms with E-state index in [2.05, 4.69) is 5.10 Å². The number of hydrazone groups is 1. The molecule has 0 unspecified atom stereocenters. The van der Waals surface area contributed by atoms with Crippen LogP contribution in [0, 0.1) is 18.7 Å². The molecule has 4 rings (SSSR count). The molecule has 0 spiro atoms. The summed E-state index contributed by atoms with van der Waals surface area (Å²) in [7, 11) is -4.38. The van der Waals surface area contributed by atoms with Gasteiger partial charge in [0.1, 0.15) is 11.7 Å². The van der Waals surface area contributed by atoms with Crippen molar-refractivity contribution in [1.82, 2.24) is 4.41 Å². The molecule has 0 bridgehead atoms. The van der Waals surface area contributed by atoms with E-state index < -0.39 is 39.6 Å². The number of amides is 1. The minimum absolute atomic E-state index is 0.0740. The van der Waals surface area contributed by atoms with Crippen molar-refractivity contribution in [2.75, 3.05) is 6.61 Å². The first-order valence-electron chi connectivity index (χ1n) is 11.4. The molecule has 1 aliphatic rings. The summed E-state index contributed by atoms with van der Waals surface area (Å²) in [6, 6.07) is 20.0. The quantitative estimate of drug-likeness (QED) is 0.460. The number of carbonyl (C=O) groups excluding carboxylic acids is 2. The fourth-order valence-electron chi connectivity index (χ4n) is 4.16. The summed E-state index contributed by atoms with van der Waals surface area (Å²) in [4.78, 5) is 26.7. The highest BCUT2D eigenvalue weighted by molar-refractivity contribution is 7.89. The number of nitrogens with zero attached hydrogens (tertiary/aromatic N) is 2. The predicted octanol–water partition coefficient (Wildman–Crippen LogP) is 4.42. The first-order valence-corrected chi connectivity index (χ1v) is 12.9. The summed E-state index contributed by atoms with van der Waals surface area (Å²) >= 11 is 0. The maximum Gasteiger partial charge on any atom is 0.315 e. The minimum Gasteiger partial charge on any atom is -0.465 e. The van der Waals surface area contributed by atoms with E-state index in [0.717, 1.165) is 5.56 Å². The average molecular weight is 509 g/mol. The van der Waals surface area contributed by atoms with Crippen LogP contribution >= 0.6 is 0 Å². The Morgan fingerprint density at radius 2 is 1.67 bits per heavy atom. The van der Waals surface area contributed by atoms with Gasteiger partial charge in [0.15, 0.2) is 0 Å². The van der Waals surface area contributed by atoms with E-state index in [1.807, 2.05) is 6.92 Å². The highest BCUT2D eigenvalue weighted by Gasteiger charge is 2.44. The second kappa shape index (κ2) is 10.4. The van der Waals surface area contributed by atoms with Gasteiger partial charge in [-0.15, -0.1) is 4.41 Å². The lowest BCUT2D eigenvalue weighted by Crippen LogP contribution is -2.32. The van der Waals surface area contributed by atoms with Crippen molar-refractivity contribution in [3.8, 4) is 0 Å². The smallest absolute Gasteiger partial charge is 0.315 e. The van der Waals surface area contributed by atoms with E-state index >= 15 is 0 Å². The Kier molecular flexibility index (Phi) is 7.30. The van der Waals surface area contributed by atoms with Crippen LogP contribution in [0.4, 0.5) is 4.39 Å². The standard InChI is InChI=1S/C27H25FN2O5S/c1-3-35-27(32)25-23(19-11-13-21(28)14-12-19)17-24(31)30(29-26(25)20-7-5-4-6-8-20)36(33,34)22-15-9-18(2)10-16-22/h4-16,23,25H,3,17H2,1-2H3/t23-,25-/m1/s1. The van der Waals surface area contributed by atoms with E-state index in [0.29, 0.717) is 15.5 Å². The topological polar surface area (TPSA) is 93.1 Å². The average Bonchev–Trinajstić information content (AvgIpc) is 3.02. The van der Waals surface area contributed by atoms with E-state index in [9.17, 15) is 22.4 Å². The number of ether oxygens (including phenoxy) is 1. The second-order valence-corrected chi connectivity index (χ2v) is 10.2. The molecule has 1 amide bonds. The van der Waals surface area contributed by atoms with Gasteiger partial charge in [0.05, 0.1) is 17.2 Å². The molecule has 2 atom stereocenters. The summed E-state index contributed by atoms with van der Waals surface area (Å²) in [6.07, 6.45) is -0.361. The number of hydrogen-bond donors (Lipinski definition) is 0. The van der Waals surface area contributed by atoms with Gasteiger partial charge >= 0.3 is 5.97 Å². The van der Waals surface area contributed by atoms with Crippen LogP contribution in [0.2, 0.25) is 0 Å². The monoisotopic (exact) mass is 508 g/mol. The van der Waals surface area contributed by atoms with Crippen LogP contribution < -0.4 is 0 Å². The molecule has 3 aromatic rings. The molecule has 0 radical (unpaired) electrons. The van der Waals surface area contributed by atoms with E-state index in [4.69, 9.17) is 4.74 Å².